The van der Waals surface area contributed by atoms with Gasteiger partial charge in [-0.25, -0.2) is 0 Å². The largest absolute Gasteiger partial charge is 0.330 e. The Kier molecular flexibility index (Phi) is 5.06. The van der Waals surface area contributed by atoms with Gasteiger partial charge in [0.15, 0.2) is 0 Å². The molecular formula is C16H25N. The van der Waals surface area contributed by atoms with Crippen LogP contribution in [0.5, 0.6) is 0 Å². The van der Waals surface area contributed by atoms with Gasteiger partial charge in [-0.1, -0.05) is 31.0 Å². The molecular weight excluding hydrogens is 206 g/mol. The van der Waals surface area contributed by atoms with Gasteiger partial charge in [0.2, 0.25) is 0 Å². The fourth-order valence-corrected chi connectivity index (χ4v) is 2.77. The second-order valence-electron chi connectivity index (χ2n) is 5.26. The van der Waals surface area contributed by atoms with E-state index in [0.29, 0.717) is 0 Å². The molecule has 0 saturated heterocycles. The average molecular weight is 231 g/mol. The molecule has 1 heteroatoms. The summed E-state index contributed by atoms with van der Waals surface area (Å²) in [6.45, 7) is 0.846. The van der Waals surface area contributed by atoms with Gasteiger partial charge in [0.05, 0.1) is 0 Å². The highest BCUT2D eigenvalue weighted by Crippen LogP contribution is 2.22. The molecule has 0 bridgehead atoms. The maximum Gasteiger partial charge on any atom is -0.00773 e. The average Bonchev–Trinajstić information content (AvgIpc) is 2.38. The summed E-state index contributed by atoms with van der Waals surface area (Å²) in [7, 11) is 0. The van der Waals surface area contributed by atoms with Gasteiger partial charge in [-0.15, -0.1) is 0 Å². The lowest BCUT2D eigenvalue weighted by molar-refractivity contribution is 0.644. The van der Waals surface area contributed by atoms with Crippen LogP contribution < -0.4 is 5.73 Å². The van der Waals surface area contributed by atoms with Crippen LogP contribution in [0.3, 0.4) is 0 Å². The Hall–Kier alpha value is -0.820. The van der Waals surface area contributed by atoms with Gasteiger partial charge in [0.25, 0.3) is 0 Å². The first-order chi connectivity index (χ1) is 8.40. The molecule has 0 atom stereocenters. The molecule has 2 N–H and O–H groups in total. The molecule has 0 heterocycles. The molecule has 17 heavy (non-hydrogen) atoms. The van der Waals surface area contributed by atoms with Gasteiger partial charge in [-0.2, -0.15) is 0 Å². The van der Waals surface area contributed by atoms with Crippen molar-refractivity contribution in [2.24, 2.45) is 5.73 Å². The number of benzene rings is 1. The van der Waals surface area contributed by atoms with Gasteiger partial charge in [-0.3, -0.25) is 0 Å². The molecule has 0 aliphatic heterocycles. The molecule has 2 rings (SSSR count). The minimum Gasteiger partial charge on any atom is -0.330 e. The van der Waals surface area contributed by atoms with E-state index in [0.717, 1.165) is 6.54 Å². The van der Waals surface area contributed by atoms with Gasteiger partial charge in [-0.05, 0) is 68.2 Å². The minimum absolute atomic E-state index is 0.846. The van der Waals surface area contributed by atoms with Gasteiger partial charge >= 0.3 is 0 Å². The van der Waals surface area contributed by atoms with E-state index >= 15 is 0 Å². The summed E-state index contributed by atoms with van der Waals surface area (Å²) in [5.74, 6) is 0. The molecule has 1 nitrogen and oxygen atoms in total. The van der Waals surface area contributed by atoms with Crippen molar-refractivity contribution in [1.82, 2.24) is 0 Å². The highest BCUT2D eigenvalue weighted by atomic mass is 14.5. The molecule has 0 aromatic heterocycles. The van der Waals surface area contributed by atoms with Gasteiger partial charge in [0.1, 0.15) is 0 Å². The van der Waals surface area contributed by atoms with Gasteiger partial charge < -0.3 is 5.73 Å². The lowest BCUT2D eigenvalue weighted by atomic mass is 9.89. The van der Waals surface area contributed by atoms with Crippen molar-refractivity contribution >= 4 is 0 Å². The van der Waals surface area contributed by atoms with E-state index in [9.17, 15) is 0 Å². The molecule has 0 radical (unpaired) electrons. The molecule has 1 aromatic rings. The smallest absolute Gasteiger partial charge is 0.00773 e. The van der Waals surface area contributed by atoms with Crippen molar-refractivity contribution in [1.29, 1.82) is 0 Å². The maximum absolute atomic E-state index is 5.50. The van der Waals surface area contributed by atoms with Crippen molar-refractivity contribution in [3.63, 3.8) is 0 Å². The zero-order chi connectivity index (χ0) is 11.9. The van der Waals surface area contributed by atoms with Crippen LogP contribution in [0.25, 0.3) is 0 Å². The van der Waals surface area contributed by atoms with Crippen LogP contribution in [0.15, 0.2) is 18.2 Å². The number of unbranched alkanes of at least 4 members (excludes halogenated alkanes) is 3. The standard InChI is InChI=1S/C16H25N/c17-12-6-2-1-3-7-14-10-11-15-8-4-5-9-16(15)13-14/h10-11,13H,1-9,12,17H2. The second-order valence-corrected chi connectivity index (χ2v) is 5.26. The number of hydrogen-bond donors (Lipinski definition) is 1. The van der Waals surface area contributed by atoms with Crippen LogP contribution in [0, 0.1) is 0 Å². The van der Waals surface area contributed by atoms with Crippen LogP contribution in [-0.4, -0.2) is 6.54 Å². The molecule has 0 amide bonds. The molecule has 0 unspecified atom stereocenters. The zero-order valence-corrected chi connectivity index (χ0v) is 10.9. The Balaban J connectivity index is 1.81. The topological polar surface area (TPSA) is 26.0 Å². The van der Waals surface area contributed by atoms with Crippen LogP contribution in [-0.2, 0) is 19.3 Å². The number of rotatable bonds is 6. The Bertz CT molecular complexity index is 343. The summed E-state index contributed by atoms with van der Waals surface area (Å²) in [4.78, 5) is 0. The van der Waals surface area contributed by atoms with Crippen LogP contribution in [0.4, 0.5) is 0 Å². The number of aryl methyl sites for hydroxylation is 3. The number of nitrogens with two attached hydrogens (primary N) is 1. The van der Waals surface area contributed by atoms with Crippen LogP contribution >= 0.6 is 0 Å². The lowest BCUT2D eigenvalue weighted by Gasteiger charge is -2.16. The third-order valence-corrected chi connectivity index (χ3v) is 3.83. The van der Waals surface area contributed by atoms with E-state index < -0.39 is 0 Å². The Labute approximate surface area is 105 Å². The summed E-state index contributed by atoms with van der Waals surface area (Å²) >= 11 is 0. The van der Waals surface area contributed by atoms with Crippen molar-refractivity contribution < 1.29 is 0 Å². The van der Waals surface area contributed by atoms with Crippen LogP contribution in [0.1, 0.15) is 55.2 Å². The zero-order valence-electron chi connectivity index (χ0n) is 10.9. The summed E-state index contributed by atoms with van der Waals surface area (Å²) in [5.41, 5.74) is 10.3. The molecule has 0 fully saturated rings. The van der Waals surface area contributed by atoms with Gasteiger partial charge in [0, 0.05) is 0 Å². The molecule has 1 aliphatic rings. The highest BCUT2D eigenvalue weighted by molar-refractivity contribution is 5.33. The molecule has 0 saturated carbocycles. The monoisotopic (exact) mass is 231 g/mol. The summed E-state index contributed by atoms with van der Waals surface area (Å²) in [6, 6.07) is 7.16. The minimum atomic E-state index is 0.846. The first-order valence-corrected chi connectivity index (χ1v) is 7.21. The van der Waals surface area contributed by atoms with E-state index in [1.807, 2.05) is 0 Å². The van der Waals surface area contributed by atoms with E-state index in [1.54, 1.807) is 16.7 Å². The Morgan fingerprint density at radius 2 is 1.65 bits per heavy atom. The van der Waals surface area contributed by atoms with E-state index in [1.165, 1.54) is 57.8 Å². The molecule has 0 spiro atoms. The number of hydrogen-bond acceptors (Lipinski definition) is 1. The number of fused-ring (bicyclic) bond motifs is 1. The van der Waals surface area contributed by atoms with Crippen molar-refractivity contribution in [3.05, 3.63) is 34.9 Å². The SMILES string of the molecule is NCCCCCCc1ccc2c(c1)CCCC2. The fraction of sp³-hybridized carbons (Fsp3) is 0.625. The third-order valence-electron chi connectivity index (χ3n) is 3.83. The maximum atomic E-state index is 5.50. The second kappa shape index (κ2) is 6.80. The van der Waals surface area contributed by atoms with E-state index in [2.05, 4.69) is 18.2 Å². The molecule has 94 valence electrons. The molecule has 1 aromatic carbocycles. The first kappa shape index (κ1) is 12.6. The first-order valence-electron chi connectivity index (χ1n) is 7.21. The summed E-state index contributed by atoms with van der Waals surface area (Å²) in [6.07, 6.45) is 11.7. The lowest BCUT2D eigenvalue weighted by Crippen LogP contribution is -2.03. The van der Waals surface area contributed by atoms with E-state index in [-0.39, 0.29) is 0 Å². The normalized spacial score (nSPS) is 14.6. The Morgan fingerprint density at radius 3 is 2.47 bits per heavy atom. The quantitative estimate of drug-likeness (QED) is 0.743. The van der Waals surface area contributed by atoms with Crippen molar-refractivity contribution in [3.8, 4) is 0 Å². The van der Waals surface area contributed by atoms with Crippen molar-refractivity contribution in [2.75, 3.05) is 6.54 Å². The molecule has 1 aliphatic carbocycles. The summed E-state index contributed by atoms with van der Waals surface area (Å²) in [5, 5.41) is 0. The van der Waals surface area contributed by atoms with E-state index in [4.69, 9.17) is 5.73 Å². The predicted molar refractivity (Wildman–Crippen MR) is 74.3 cm³/mol. The third kappa shape index (κ3) is 3.85. The Morgan fingerprint density at radius 1 is 0.882 bits per heavy atom. The highest BCUT2D eigenvalue weighted by Gasteiger charge is 2.08. The predicted octanol–water partition coefficient (Wildman–Crippen LogP) is 3.63. The summed E-state index contributed by atoms with van der Waals surface area (Å²) < 4.78 is 0. The van der Waals surface area contributed by atoms with Crippen LogP contribution in [0.2, 0.25) is 0 Å². The fourth-order valence-electron chi connectivity index (χ4n) is 2.77. The van der Waals surface area contributed by atoms with Crippen molar-refractivity contribution in [2.45, 2.75) is 57.8 Å².